The van der Waals surface area contributed by atoms with Crippen molar-refractivity contribution >= 4 is 50.9 Å². The minimum absolute atomic E-state index is 0.424. The summed E-state index contributed by atoms with van der Waals surface area (Å²) in [6.45, 7) is 7.02. The van der Waals surface area contributed by atoms with Crippen molar-refractivity contribution in [2.75, 3.05) is 18.1 Å². The van der Waals surface area contributed by atoms with Gasteiger partial charge >= 0.3 is 0 Å². The van der Waals surface area contributed by atoms with E-state index in [1.165, 1.54) is 37.0 Å². The number of benzene rings is 1. The van der Waals surface area contributed by atoms with Crippen LogP contribution in [0.1, 0.15) is 38.2 Å². The standard InChI is InChI=1S/C20H26N2S3/c1-3-12-24-19(23)22-14-20(10-5-6-11-20)15-25-18(22)21-17-9-7-8-16(4-2)13-17/h3,7-9,13H,1,4-6,10-12,14-15H2,2H3. The van der Waals surface area contributed by atoms with Crippen molar-refractivity contribution < 1.29 is 0 Å². The lowest BCUT2D eigenvalue weighted by atomic mass is 9.88. The minimum atomic E-state index is 0.424. The van der Waals surface area contributed by atoms with Crippen LogP contribution < -0.4 is 0 Å². The molecule has 1 heterocycles. The van der Waals surface area contributed by atoms with Gasteiger partial charge in [0, 0.05) is 18.1 Å². The average Bonchev–Trinajstić information content (AvgIpc) is 3.09. The van der Waals surface area contributed by atoms with Gasteiger partial charge in [-0.1, -0.05) is 73.7 Å². The summed E-state index contributed by atoms with van der Waals surface area (Å²) in [6, 6.07) is 8.53. The van der Waals surface area contributed by atoms with Crippen LogP contribution in [0.4, 0.5) is 5.69 Å². The average molecular weight is 391 g/mol. The largest absolute Gasteiger partial charge is 0.306 e. The summed E-state index contributed by atoms with van der Waals surface area (Å²) in [5, 5.41) is 1.06. The molecule has 1 saturated carbocycles. The molecule has 134 valence electrons. The highest BCUT2D eigenvalue weighted by atomic mass is 32.2. The maximum Gasteiger partial charge on any atom is 0.169 e. The zero-order chi connectivity index (χ0) is 17.7. The number of thiocarbonyl (C=S) groups is 1. The topological polar surface area (TPSA) is 15.6 Å². The third-order valence-electron chi connectivity index (χ3n) is 4.98. The van der Waals surface area contributed by atoms with Crippen molar-refractivity contribution in [1.29, 1.82) is 0 Å². The maximum atomic E-state index is 5.75. The van der Waals surface area contributed by atoms with Gasteiger partial charge in [-0.05, 0) is 42.4 Å². The van der Waals surface area contributed by atoms with Gasteiger partial charge in [0.15, 0.2) is 5.17 Å². The highest BCUT2D eigenvalue weighted by Gasteiger charge is 2.41. The molecule has 0 bridgehead atoms. The van der Waals surface area contributed by atoms with Crippen LogP contribution in [0.15, 0.2) is 41.9 Å². The zero-order valence-electron chi connectivity index (χ0n) is 14.9. The molecule has 0 amide bonds. The van der Waals surface area contributed by atoms with E-state index in [1.807, 2.05) is 17.8 Å². The van der Waals surface area contributed by atoms with Crippen LogP contribution >= 0.6 is 35.7 Å². The fourth-order valence-corrected chi connectivity index (χ4v) is 5.91. The molecule has 3 rings (SSSR count). The Morgan fingerprint density at radius 2 is 2.24 bits per heavy atom. The lowest BCUT2D eigenvalue weighted by Crippen LogP contribution is -2.47. The number of hydrogen-bond acceptors (Lipinski definition) is 4. The Balaban J connectivity index is 1.85. The van der Waals surface area contributed by atoms with Gasteiger partial charge in [0.1, 0.15) is 4.32 Å². The van der Waals surface area contributed by atoms with Gasteiger partial charge in [0.25, 0.3) is 0 Å². The molecule has 1 aromatic rings. The summed E-state index contributed by atoms with van der Waals surface area (Å²) in [5.74, 6) is 2.02. The van der Waals surface area contributed by atoms with Crippen molar-refractivity contribution in [1.82, 2.24) is 4.90 Å². The molecule has 1 spiro atoms. The minimum Gasteiger partial charge on any atom is -0.306 e. The predicted octanol–water partition coefficient (Wildman–Crippen LogP) is 6.05. The predicted molar refractivity (Wildman–Crippen MR) is 118 cm³/mol. The Kier molecular flexibility index (Phi) is 6.64. The molecule has 0 atom stereocenters. The third kappa shape index (κ3) is 4.69. The molecular formula is C20H26N2S3. The third-order valence-corrected chi connectivity index (χ3v) is 7.75. The molecule has 1 aliphatic carbocycles. The fraction of sp³-hybridized carbons (Fsp3) is 0.500. The number of rotatable bonds is 4. The quantitative estimate of drug-likeness (QED) is 0.459. The first-order valence-electron chi connectivity index (χ1n) is 9.01. The molecule has 25 heavy (non-hydrogen) atoms. The zero-order valence-corrected chi connectivity index (χ0v) is 17.3. The van der Waals surface area contributed by atoms with Crippen LogP contribution in [-0.2, 0) is 6.42 Å². The first kappa shape index (κ1) is 19.0. The van der Waals surface area contributed by atoms with E-state index in [0.717, 1.165) is 33.9 Å². The van der Waals surface area contributed by atoms with Crippen LogP contribution in [0, 0.1) is 5.41 Å². The first-order valence-corrected chi connectivity index (χ1v) is 11.4. The molecule has 2 aliphatic rings. The van der Waals surface area contributed by atoms with Gasteiger partial charge < -0.3 is 4.90 Å². The molecule has 1 aliphatic heterocycles. The number of aryl methyl sites for hydroxylation is 1. The SMILES string of the molecule is C=CCSC(=S)N1CC2(CCCC2)CSC1=Nc1cccc(CC)c1. The number of aliphatic imine (C=N–C) groups is 1. The molecule has 0 unspecified atom stereocenters. The Morgan fingerprint density at radius 3 is 2.96 bits per heavy atom. The molecule has 1 aromatic carbocycles. The summed E-state index contributed by atoms with van der Waals surface area (Å²) in [5.41, 5.74) is 2.78. The van der Waals surface area contributed by atoms with E-state index in [9.17, 15) is 0 Å². The van der Waals surface area contributed by atoms with Gasteiger partial charge in [-0.2, -0.15) is 0 Å². The molecule has 0 N–H and O–H groups in total. The number of nitrogens with zero attached hydrogens (tertiary/aromatic N) is 2. The van der Waals surface area contributed by atoms with Crippen molar-refractivity contribution in [2.24, 2.45) is 10.4 Å². The molecule has 0 radical (unpaired) electrons. The Morgan fingerprint density at radius 1 is 1.44 bits per heavy atom. The second-order valence-corrected chi connectivity index (χ2v) is 9.46. The molecule has 1 saturated heterocycles. The maximum absolute atomic E-state index is 5.75. The second kappa shape index (κ2) is 8.74. The monoisotopic (exact) mass is 390 g/mol. The van der Waals surface area contributed by atoms with E-state index >= 15 is 0 Å². The van der Waals surface area contributed by atoms with Crippen molar-refractivity contribution in [2.45, 2.75) is 39.0 Å². The summed E-state index contributed by atoms with van der Waals surface area (Å²) < 4.78 is 0.934. The van der Waals surface area contributed by atoms with E-state index < -0.39 is 0 Å². The van der Waals surface area contributed by atoms with Gasteiger partial charge in [-0.3, -0.25) is 0 Å². The molecular weight excluding hydrogens is 364 g/mol. The highest BCUT2D eigenvalue weighted by Crippen LogP contribution is 2.45. The molecule has 2 fully saturated rings. The summed E-state index contributed by atoms with van der Waals surface area (Å²) in [4.78, 5) is 7.26. The summed E-state index contributed by atoms with van der Waals surface area (Å²) in [7, 11) is 0. The number of thioether (sulfide) groups is 2. The Hall–Kier alpha value is -0.780. The van der Waals surface area contributed by atoms with E-state index in [-0.39, 0.29) is 0 Å². The van der Waals surface area contributed by atoms with Crippen molar-refractivity contribution in [3.8, 4) is 0 Å². The highest BCUT2D eigenvalue weighted by molar-refractivity contribution is 8.23. The van der Waals surface area contributed by atoms with E-state index in [1.54, 1.807) is 11.8 Å². The van der Waals surface area contributed by atoms with E-state index in [4.69, 9.17) is 17.2 Å². The van der Waals surface area contributed by atoms with Gasteiger partial charge in [0.05, 0.1) is 5.69 Å². The van der Waals surface area contributed by atoms with Crippen LogP contribution in [0.2, 0.25) is 0 Å². The normalized spacial score (nSPS) is 21.0. The van der Waals surface area contributed by atoms with Gasteiger partial charge in [0.2, 0.25) is 0 Å². The fourth-order valence-electron chi connectivity index (χ4n) is 3.57. The smallest absolute Gasteiger partial charge is 0.169 e. The summed E-state index contributed by atoms with van der Waals surface area (Å²) in [6.07, 6.45) is 8.30. The molecule has 2 nitrogen and oxygen atoms in total. The summed E-state index contributed by atoms with van der Waals surface area (Å²) >= 11 is 9.33. The molecule has 0 aromatic heterocycles. The lowest BCUT2D eigenvalue weighted by molar-refractivity contribution is 0.291. The number of amidine groups is 1. The van der Waals surface area contributed by atoms with Crippen LogP contribution in [0.3, 0.4) is 0 Å². The molecule has 5 heteroatoms. The van der Waals surface area contributed by atoms with Crippen molar-refractivity contribution in [3.05, 3.63) is 42.5 Å². The van der Waals surface area contributed by atoms with Crippen molar-refractivity contribution in [3.63, 3.8) is 0 Å². The van der Waals surface area contributed by atoms with E-state index in [0.29, 0.717) is 5.41 Å². The Labute approximate surface area is 165 Å². The van der Waals surface area contributed by atoms with Gasteiger partial charge in [-0.15, -0.1) is 6.58 Å². The first-order chi connectivity index (χ1) is 12.2. The van der Waals surface area contributed by atoms with Gasteiger partial charge in [-0.25, -0.2) is 4.99 Å². The second-order valence-electron chi connectivity index (χ2n) is 6.87. The Bertz CT molecular complexity index is 663. The lowest BCUT2D eigenvalue weighted by Gasteiger charge is -2.41. The van der Waals surface area contributed by atoms with Crippen LogP contribution in [0.5, 0.6) is 0 Å². The van der Waals surface area contributed by atoms with Crippen LogP contribution in [0.25, 0.3) is 0 Å². The van der Waals surface area contributed by atoms with Crippen LogP contribution in [-0.4, -0.2) is 32.4 Å². The van der Waals surface area contributed by atoms with E-state index in [2.05, 4.69) is 42.7 Å². The number of hydrogen-bond donors (Lipinski definition) is 0.